The number of benzene rings is 1. The molecule has 6 nitrogen and oxygen atoms in total. The highest BCUT2D eigenvalue weighted by molar-refractivity contribution is 5.81. The zero-order valence-electron chi connectivity index (χ0n) is 12.3. The molecule has 6 heteroatoms. The Kier molecular flexibility index (Phi) is 4.99. The predicted octanol–water partition coefficient (Wildman–Crippen LogP) is 1.70. The predicted molar refractivity (Wildman–Crippen MR) is 78.2 cm³/mol. The molecule has 22 heavy (non-hydrogen) atoms. The van der Waals surface area contributed by atoms with Gasteiger partial charge in [0.25, 0.3) is 5.91 Å². The summed E-state index contributed by atoms with van der Waals surface area (Å²) in [7, 11) is 0. The molecule has 3 atom stereocenters. The maximum Gasteiger partial charge on any atom is 0.306 e. The molecule has 0 bridgehead atoms. The maximum atomic E-state index is 12.1. The number of hydrogen-bond acceptors (Lipinski definition) is 4. The molecule has 1 aliphatic rings. The number of aliphatic carboxylic acids is 1. The smallest absolute Gasteiger partial charge is 0.306 e. The first kappa shape index (κ1) is 15.8. The van der Waals surface area contributed by atoms with Gasteiger partial charge >= 0.3 is 5.97 Å². The monoisotopic (exact) mass is 302 g/mol. The zero-order chi connectivity index (χ0) is 16.1. The highest BCUT2D eigenvalue weighted by atomic mass is 16.5. The molecule has 1 amide bonds. The highest BCUT2D eigenvalue weighted by Gasteiger charge is 2.31. The Balaban J connectivity index is 1.90. The molecule has 1 aromatic carbocycles. The average molecular weight is 302 g/mol. The van der Waals surface area contributed by atoms with Crippen LogP contribution in [0.4, 0.5) is 0 Å². The van der Waals surface area contributed by atoms with Crippen molar-refractivity contribution in [3.63, 3.8) is 0 Å². The van der Waals surface area contributed by atoms with Crippen LogP contribution in [-0.4, -0.2) is 29.1 Å². The van der Waals surface area contributed by atoms with Crippen molar-refractivity contribution in [2.24, 2.45) is 5.92 Å². The molecule has 0 saturated heterocycles. The Morgan fingerprint density at radius 2 is 2.14 bits per heavy atom. The standard InChI is InChI=1S/C16H18N2O4/c1-10(22-14-5-3-2-4-12(14)9-17)15(19)18-13-7-6-11(8-13)16(20)21/h2-5,10-11,13H,6-8H2,1H3,(H,18,19)(H,20,21)/t10?,11-,13+/m1/s1. The second kappa shape index (κ2) is 6.94. The fraction of sp³-hybridized carbons (Fsp3) is 0.438. The fourth-order valence-corrected chi connectivity index (χ4v) is 2.56. The van der Waals surface area contributed by atoms with Crippen LogP contribution in [0.1, 0.15) is 31.7 Å². The molecule has 0 aromatic heterocycles. The van der Waals surface area contributed by atoms with Crippen LogP contribution >= 0.6 is 0 Å². The van der Waals surface area contributed by atoms with Crippen molar-refractivity contribution in [2.75, 3.05) is 0 Å². The van der Waals surface area contributed by atoms with Gasteiger partial charge < -0.3 is 15.2 Å². The Bertz CT molecular complexity index is 608. The number of nitrogens with one attached hydrogen (secondary N) is 1. The summed E-state index contributed by atoms with van der Waals surface area (Å²) in [5.74, 6) is -1.14. The summed E-state index contributed by atoms with van der Waals surface area (Å²) in [6.45, 7) is 1.60. The summed E-state index contributed by atoms with van der Waals surface area (Å²) in [4.78, 5) is 23.0. The Labute approximate surface area is 128 Å². The number of rotatable bonds is 5. The fourth-order valence-electron chi connectivity index (χ4n) is 2.56. The Morgan fingerprint density at radius 3 is 2.77 bits per heavy atom. The molecule has 2 rings (SSSR count). The number of carbonyl (C=O) groups is 2. The van der Waals surface area contributed by atoms with Crippen LogP contribution in [-0.2, 0) is 9.59 Å². The molecule has 0 aliphatic heterocycles. The van der Waals surface area contributed by atoms with Gasteiger partial charge in [-0.3, -0.25) is 9.59 Å². The molecule has 1 aromatic rings. The van der Waals surface area contributed by atoms with Gasteiger partial charge in [-0.05, 0) is 38.3 Å². The number of para-hydroxylation sites is 1. The minimum Gasteiger partial charge on any atom is -0.481 e. The van der Waals surface area contributed by atoms with Gasteiger partial charge in [0, 0.05) is 6.04 Å². The van der Waals surface area contributed by atoms with Crippen molar-refractivity contribution in [1.82, 2.24) is 5.32 Å². The van der Waals surface area contributed by atoms with E-state index < -0.39 is 12.1 Å². The maximum absolute atomic E-state index is 12.1. The second-order valence-corrected chi connectivity index (χ2v) is 5.42. The summed E-state index contributed by atoms with van der Waals surface area (Å²) < 4.78 is 5.53. The normalized spacial score (nSPS) is 21.6. The third-order valence-corrected chi connectivity index (χ3v) is 3.81. The van der Waals surface area contributed by atoms with Crippen molar-refractivity contribution < 1.29 is 19.4 Å². The first-order valence-corrected chi connectivity index (χ1v) is 7.20. The molecule has 1 saturated carbocycles. The van der Waals surface area contributed by atoms with E-state index in [4.69, 9.17) is 15.1 Å². The number of hydrogen-bond donors (Lipinski definition) is 2. The number of carboxylic acids is 1. The van der Waals surface area contributed by atoms with Crippen LogP contribution in [0, 0.1) is 17.2 Å². The van der Waals surface area contributed by atoms with Gasteiger partial charge in [0.15, 0.2) is 6.10 Å². The summed E-state index contributed by atoms with van der Waals surface area (Å²) in [5, 5.41) is 20.8. The molecule has 0 radical (unpaired) electrons. The minimum absolute atomic E-state index is 0.133. The number of nitrogens with zero attached hydrogens (tertiary/aromatic N) is 1. The van der Waals surface area contributed by atoms with Gasteiger partial charge in [-0.25, -0.2) is 0 Å². The quantitative estimate of drug-likeness (QED) is 0.862. The topological polar surface area (TPSA) is 99.4 Å². The van der Waals surface area contributed by atoms with E-state index in [0.29, 0.717) is 30.6 Å². The van der Waals surface area contributed by atoms with Crippen LogP contribution < -0.4 is 10.1 Å². The molecular weight excluding hydrogens is 284 g/mol. The van der Waals surface area contributed by atoms with Gasteiger partial charge in [-0.1, -0.05) is 12.1 Å². The summed E-state index contributed by atoms with van der Waals surface area (Å²) in [5.41, 5.74) is 0.369. The van der Waals surface area contributed by atoms with Crippen LogP contribution in [0.15, 0.2) is 24.3 Å². The van der Waals surface area contributed by atoms with E-state index >= 15 is 0 Å². The highest BCUT2D eigenvalue weighted by Crippen LogP contribution is 2.26. The first-order chi connectivity index (χ1) is 10.5. The van der Waals surface area contributed by atoms with Gasteiger partial charge in [0.05, 0.1) is 11.5 Å². The van der Waals surface area contributed by atoms with Crippen LogP contribution in [0.5, 0.6) is 5.75 Å². The van der Waals surface area contributed by atoms with E-state index in [9.17, 15) is 9.59 Å². The SMILES string of the molecule is CC(Oc1ccccc1C#N)C(=O)N[C@H]1CC[C@@H](C(=O)O)C1. The number of ether oxygens (including phenoxy) is 1. The molecule has 2 N–H and O–H groups in total. The van der Waals surface area contributed by atoms with Gasteiger partial charge in [0.1, 0.15) is 11.8 Å². The molecule has 0 spiro atoms. The molecule has 1 aliphatic carbocycles. The number of amides is 1. The van der Waals surface area contributed by atoms with E-state index in [2.05, 4.69) is 5.32 Å². The zero-order valence-corrected chi connectivity index (χ0v) is 12.3. The summed E-state index contributed by atoms with van der Waals surface area (Å²) in [6.07, 6.45) is 0.929. The van der Waals surface area contributed by atoms with Gasteiger partial charge in [0.2, 0.25) is 0 Å². The van der Waals surface area contributed by atoms with Crippen LogP contribution in [0.25, 0.3) is 0 Å². The van der Waals surface area contributed by atoms with E-state index in [-0.39, 0.29) is 17.9 Å². The van der Waals surface area contributed by atoms with Crippen molar-refractivity contribution in [3.05, 3.63) is 29.8 Å². The second-order valence-electron chi connectivity index (χ2n) is 5.42. The first-order valence-electron chi connectivity index (χ1n) is 7.20. The summed E-state index contributed by atoms with van der Waals surface area (Å²) in [6, 6.07) is 8.59. The third kappa shape index (κ3) is 3.76. The Morgan fingerprint density at radius 1 is 1.41 bits per heavy atom. The number of carboxylic acid groups (broad SMARTS) is 1. The molecular formula is C16H18N2O4. The van der Waals surface area contributed by atoms with Gasteiger partial charge in [-0.2, -0.15) is 5.26 Å². The van der Waals surface area contributed by atoms with Gasteiger partial charge in [-0.15, -0.1) is 0 Å². The number of carbonyl (C=O) groups excluding carboxylic acids is 1. The van der Waals surface area contributed by atoms with Crippen LogP contribution in [0.2, 0.25) is 0 Å². The van der Waals surface area contributed by atoms with Crippen molar-refractivity contribution in [2.45, 2.75) is 38.3 Å². The van der Waals surface area contributed by atoms with E-state index in [0.717, 1.165) is 0 Å². The Hall–Kier alpha value is -2.55. The summed E-state index contributed by atoms with van der Waals surface area (Å²) >= 11 is 0. The average Bonchev–Trinajstić information content (AvgIpc) is 2.96. The molecule has 116 valence electrons. The lowest BCUT2D eigenvalue weighted by Crippen LogP contribution is -2.41. The van der Waals surface area contributed by atoms with E-state index in [1.807, 2.05) is 6.07 Å². The lowest BCUT2D eigenvalue weighted by Gasteiger charge is -2.18. The molecule has 1 unspecified atom stereocenters. The van der Waals surface area contributed by atoms with Crippen molar-refractivity contribution >= 4 is 11.9 Å². The van der Waals surface area contributed by atoms with E-state index in [1.54, 1.807) is 31.2 Å². The third-order valence-electron chi connectivity index (χ3n) is 3.81. The minimum atomic E-state index is -0.816. The lowest BCUT2D eigenvalue weighted by atomic mass is 10.1. The largest absolute Gasteiger partial charge is 0.481 e. The van der Waals surface area contributed by atoms with Crippen molar-refractivity contribution in [1.29, 1.82) is 5.26 Å². The van der Waals surface area contributed by atoms with Crippen LogP contribution in [0.3, 0.4) is 0 Å². The molecule has 0 heterocycles. The van der Waals surface area contributed by atoms with E-state index in [1.165, 1.54) is 0 Å². The van der Waals surface area contributed by atoms with Crippen molar-refractivity contribution in [3.8, 4) is 11.8 Å². The lowest BCUT2D eigenvalue weighted by molar-refractivity contribution is -0.141. The number of nitriles is 1. The molecule has 1 fully saturated rings.